The molecule has 0 spiro atoms. The number of fused-ring (bicyclic) bond motifs is 4. The van der Waals surface area contributed by atoms with Gasteiger partial charge in [-0.15, -0.1) is 11.3 Å². The van der Waals surface area contributed by atoms with E-state index in [1.54, 1.807) is 35.9 Å². The standard InChI is InChI=1S/C17H14N6O2S/c24-17(25)9-2-1-3-11-13(9)14-15(19-7-20-16(14)26-11)22-12-4-8-5-21-23-10(8)6-18-12/h1-6,15,19-20H,7H2,(H,18,22)(H,21,23)(H,24,25). The second-order valence-electron chi connectivity index (χ2n) is 5.99. The van der Waals surface area contributed by atoms with Crippen LogP contribution in [0.4, 0.5) is 10.8 Å². The molecule has 1 atom stereocenters. The van der Waals surface area contributed by atoms with Crippen molar-refractivity contribution in [3.05, 3.63) is 47.8 Å². The molecule has 3 aromatic heterocycles. The molecule has 0 amide bonds. The van der Waals surface area contributed by atoms with Crippen LogP contribution >= 0.6 is 11.3 Å². The summed E-state index contributed by atoms with van der Waals surface area (Å²) in [5, 5.41) is 29.2. The lowest BCUT2D eigenvalue weighted by atomic mass is 10.0. The minimum atomic E-state index is -0.932. The number of aromatic carboxylic acids is 1. The molecule has 1 unspecified atom stereocenters. The van der Waals surface area contributed by atoms with Gasteiger partial charge in [0.2, 0.25) is 0 Å². The maximum Gasteiger partial charge on any atom is 0.336 e. The highest BCUT2D eigenvalue weighted by Crippen LogP contribution is 2.42. The van der Waals surface area contributed by atoms with Crippen LogP contribution in [0.1, 0.15) is 22.1 Å². The molecule has 1 aromatic carbocycles. The third-order valence-corrected chi connectivity index (χ3v) is 5.57. The molecule has 4 aromatic rings. The van der Waals surface area contributed by atoms with Crippen molar-refractivity contribution in [2.24, 2.45) is 0 Å². The van der Waals surface area contributed by atoms with Gasteiger partial charge in [0.1, 0.15) is 12.0 Å². The number of anilines is 2. The first kappa shape index (κ1) is 15.1. The Morgan fingerprint density at radius 2 is 2.27 bits per heavy atom. The van der Waals surface area contributed by atoms with Crippen molar-refractivity contribution >= 4 is 49.1 Å². The van der Waals surface area contributed by atoms with Gasteiger partial charge in [-0.3, -0.25) is 10.4 Å². The predicted octanol–water partition coefficient (Wildman–Crippen LogP) is 2.95. The first-order valence-corrected chi connectivity index (χ1v) is 8.84. The summed E-state index contributed by atoms with van der Waals surface area (Å²) in [5.74, 6) is -0.241. The second-order valence-corrected chi connectivity index (χ2v) is 7.04. The highest BCUT2D eigenvalue weighted by Gasteiger charge is 2.27. The molecular formula is C17H14N6O2S. The zero-order valence-electron chi connectivity index (χ0n) is 13.4. The quantitative estimate of drug-likeness (QED) is 0.379. The summed E-state index contributed by atoms with van der Waals surface area (Å²) in [6.07, 6.45) is 3.21. The number of thiophene rings is 1. The fraction of sp³-hybridized carbons (Fsp3) is 0.118. The van der Waals surface area contributed by atoms with E-state index in [1.165, 1.54) is 0 Å². The first-order chi connectivity index (χ1) is 12.7. The third kappa shape index (κ3) is 2.29. The second kappa shape index (κ2) is 5.68. The number of carbonyl (C=O) groups is 1. The Hall–Kier alpha value is -3.17. The predicted molar refractivity (Wildman–Crippen MR) is 101 cm³/mol. The van der Waals surface area contributed by atoms with E-state index in [9.17, 15) is 9.90 Å². The maximum atomic E-state index is 11.7. The van der Waals surface area contributed by atoms with E-state index in [2.05, 4.69) is 31.1 Å². The van der Waals surface area contributed by atoms with Gasteiger partial charge in [0.25, 0.3) is 0 Å². The zero-order chi connectivity index (χ0) is 17.7. The number of aromatic nitrogens is 3. The number of H-pyrrole nitrogens is 1. The summed E-state index contributed by atoms with van der Waals surface area (Å²) in [6, 6.07) is 7.27. The van der Waals surface area contributed by atoms with Gasteiger partial charge in [-0.05, 0) is 18.2 Å². The molecule has 1 aliphatic rings. The third-order valence-electron chi connectivity index (χ3n) is 4.44. The molecule has 5 rings (SSSR count). The first-order valence-electron chi connectivity index (χ1n) is 8.02. The topological polar surface area (TPSA) is 115 Å². The summed E-state index contributed by atoms with van der Waals surface area (Å²) >= 11 is 1.56. The molecule has 4 heterocycles. The summed E-state index contributed by atoms with van der Waals surface area (Å²) in [7, 11) is 0. The van der Waals surface area contributed by atoms with Crippen molar-refractivity contribution in [1.29, 1.82) is 0 Å². The molecule has 1 aliphatic heterocycles. The largest absolute Gasteiger partial charge is 0.478 e. The van der Waals surface area contributed by atoms with Gasteiger partial charge in [0.05, 0.1) is 35.1 Å². The smallest absolute Gasteiger partial charge is 0.336 e. The highest BCUT2D eigenvalue weighted by molar-refractivity contribution is 7.23. The SMILES string of the molecule is O=C(O)c1cccc2sc3c(c12)C(Nc1cc2cn[nH]c2cn1)NCN3. The molecule has 0 aliphatic carbocycles. The number of hydrogen-bond donors (Lipinski definition) is 5. The van der Waals surface area contributed by atoms with Crippen molar-refractivity contribution in [3.63, 3.8) is 0 Å². The maximum absolute atomic E-state index is 11.7. The molecule has 0 fully saturated rings. The van der Waals surface area contributed by atoms with Crippen LogP contribution in [-0.2, 0) is 0 Å². The molecule has 0 saturated heterocycles. The number of nitrogens with one attached hydrogen (secondary N) is 4. The van der Waals surface area contributed by atoms with Crippen LogP contribution in [0.5, 0.6) is 0 Å². The zero-order valence-corrected chi connectivity index (χ0v) is 14.2. The molecular weight excluding hydrogens is 352 g/mol. The Bertz CT molecular complexity index is 1150. The highest BCUT2D eigenvalue weighted by atomic mass is 32.1. The van der Waals surface area contributed by atoms with Crippen LogP contribution in [-0.4, -0.2) is 32.9 Å². The summed E-state index contributed by atoms with van der Waals surface area (Å²) in [4.78, 5) is 16.1. The Labute approximate surface area is 151 Å². The van der Waals surface area contributed by atoms with Gasteiger partial charge in [-0.1, -0.05) is 6.07 Å². The Balaban J connectivity index is 1.62. The van der Waals surface area contributed by atoms with Crippen LogP contribution in [0.15, 0.2) is 36.7 Å². The number of benzene rings is 1. The number of hydrogen-bond acceptors (Lipinski definition) is 7. The lowest BCUT2D eigenvalue weighted by Gasteiger charge is -2.27. The van der Waals surface area contributed by atoms with Crippen molar-refractivity contribution in [3.8, 4) is 0 Å². The van der Waals surface area contributed by atoms with Gasteiger partial charge < -0.3 is 15.7 Å². The monoisotopic (exact) mass is 366 g/mol. The van der Waals surface area contributed by atoms with Crippen LogP contribution in [0, 0.1) is 0 Å². The van der Waals surface area contributed by atoms with Gasteiger partial charge >= 0.3 is 5.97 Å². The number of carboxylic acids is 1. The van der Waals surface area contributed by atoms with Gasteiger partial charge in [-0.2, -0.15) is 5.10 Å². The lowest BCUT2D eigenvalue weighted by molar-refractivity contribution is 0.0699. The van der Waals surface area contributed by atoms with Crippen molar-refractivity contribution < 1.29 is 9.90 Å². The fourth-order valence-corrected chi connectivity index (χ4v) is 4.45. The van der Waals surface area contributed by atoms with Crippen molar-refractivity contribution in [2.45, 2.75) is 6.17 Å². The molecule has 26 heavy (non-hydrogen) atoms. The van der Waals surface area contributed by atoms with E-state index in [1.807, 2.05) is 12.1 Å². The number of pyridine rings is 1. The summed E-state index contributed by atoms with van der Waals surface area (Å²) in [6.45, 7) is 0.577. The summed E-state index contributed by atoms with van der Waals surface area (Å²) < 4.78 is 0.941. The van der Waals surface area contributed by atoms with Gasteiger partial charge in [0.15, 0.2) is 0 Å². The molecule has 0 bridgehead atoms. The number of rotatable bonds is 3. The van der Waals surface area contributed by atoms with Gasteiger partial charge in [0, 0.05) is 21.0 Å². The van der Waals surface area contributed by atoms with E-state index in [0.29, 0.717) is 18.1 Å². The molecule has 8 nitrogen and oxygen atoms in total. The van der Waals surface area contributed by atoms with E-state index in [-0.39, 0.29) is 6.17 Å². The lowest BCUT2D eigenvalue weighted by Crippen LogP contribution is -2.36. The van der Waals surface area contributed by atoms with E-state index >= 15 is 0 Å². The number of aromatic amines is 1. The summed E-state index contributed by atoms with van der Waals surface area (Å²) in [5.41, 5.74) is 2.07. The van der Waals surface area contributed by atoms with Crippen LogP contribution in [0.3, 0.4) is 0 Å². The minimum absolute atomic E-state index is 0.252. The molecule has 0 radical (unpaired) electrons. The Morgan fingerprint density at radius 3 is 3.15 bits per heavy atom. The van der Waals surface area contributed by atoms with E-state index in [4.69, 9.17) is 0 Å². The molecule has 0 saturated carbocycles. The fourth-order valence-electron chi connectivity index (χ4n) is 3.29. The van der Waals surface area contributed by atoms with Crippen molar-refractivity contribution in [2.75, 3.05) is 17.3 Å². The van der Waals surface area contributed by atoms with Crippen LogP contribution in [0.2, 0.25) is 0 Å². The van der Waals surface area contributed by atoms with Crippen molar-refractivity contribution in [1.82, 2.24) is 20.5 Å². The Morgan fingerprint density at radius 1 is 1.35 bits per heavy atom. The molecule has 9 heteroatoms. The molecule has 130 valence electrons. The Kier molecular flexibility index (Phi) is 3.30. The number of nitrogens with zero attached hydrogens (tertiary/aromatic N) is 2. The molecule has 5 N–H and O–H groups in total. The number of carboxylic acid groups (broad SMARTS) is 1. The van der Waals surface area contributed by atoms with Crippen LogP contribution in [0.25, 0.3) is 21.0 Å². The van der Waals surface area contributed by atoms with E-state index < -0.39 is 5.97 Å². The van der Waals surface area contributed by atoms with Gasteiger partial charge in [-0.25, -0.2) is 9.78 Å². The van der Waals surface area contributed by atoms with Crippen LogP contribution < -0.4 is 16.0 Å². The average molecular weight is 366 g/mol. The minimum Gasteiger partial charge on any atom is -0.478 e. The normalized spacial score (nSPS) is 16.4. The average Bonchev–Trinajstić information content (AvgIpc) is 3.25. The van der Waals surface area contributed by atoms with E-state index in [0.717, 1.165) is 31.6 Å².